The van der Waals surface area contributed by atoms with Gasteiger partial charge in [-0.05, 0) is 37.6 Å². The summed E-state index contributed by atoms with van der Waals surface area (Å²) in [6.45, 7) is 6.24. The molecule has 4 rings (SSSR count). The molecule has 0 aliphatic carbocycles. The minimum atomic E-state index is -1.01. The van der Waals surface area contributed by atoms with E-state index < -0.39 is 11.6 Å². The summed E-state index contributed by atoms with van der Waals surface area (Å²) in [4.78, 5) is 27.9. The van der Waals surface area contributed by atoms with E-state index in [1.54, 1.807) is 16.2 Å². The van der Waals surface area contributed by atoms with Gasteiger partial charge in [0.25, 0.3) is 5.91 Å². The molecule has 0 atom stereocenters. The number of aromatic nitrogens is 2. The van der Waals surface area contributed by atoms with Crippen LogP contribution in [-0.2, 0) is 6.42 Å². The predicted molar refractivity (Wildman–Crippen MR) is 106 cm³/mol. The zero-order valence-corrected chi connectivity index (χ0v) is 16.5. The number of benzene rings is 1. The van der Waals surface area contributed by atoms with Crippen LogP contribution in [0.5, 0.6) is 0 Å². The number of thiophene rings is 1. The average molecular weight is 402 g/mol. The van der Waals surface area contributed by atoms with E-state index in [1.165, 1.54) is 10.9 Å². The topological polar surface area (TPSA) is 49.3 Å². The van der Waals surface area contributed by atoms with Crippen LogP contribution in [0.25, 0.3) is 10.2 Å². The van der Waals surface area contributed by atoms with Crippen molar-refractivity contribution in [3.8, 4) is 0 Å². The number of hydrogen-bond donors (Lipinski definition) is 0. The maximum atomic E-state index is 13.4. The second-order valence-corrected chi connectivity index (χ2v) is 7.90. The van der Waals surface area contributed by atoms with E-state index in [9.17, 15) is 13.6 Å². The van der Waals surface area contributed by atoms with Crippen LogP contribution in [0.1, 0.15) is 28.0 Å². The molecule has 0 radical (unpaired) electrons. The summed E-state index contributed by atoms with van der Waals surface area (Å²) in [6, 6.07) is 5.41. The minimum Gasteiger partial charge on any atom is -0.352 e. The van der Waals surface area contributed by atoms with Crippen molar-refractivity contribution in [1.82, 2.24) is 14.9 Å². The molecule has 1 amide bonds. The molecule has 3 heterocycles. The van der Waals surface area contributed by atoms with E-state index in [0.717, 1.165) is 40.4 Å². The average Bonchev–Trinajstić information content (AvgIpc) is 3.12. The first-order chi connectivity index (χ1) is 13.5. The van der Waals surface area contributed by atoms with E-state index in [-0.39, 0.29) is 11.5 Å². The Hall–Kier alpha value is -2.61. The smallest absolute Gasteiger partial charge is 0.254 e. The van der Waals surface area contributed by atoms with Gasteiger partial charge in [0.2, 0.25) is 0 Å². The number of anilines is 1. The van der Waals surface area contributed by atoms with Crippen LogP contribution in [-0.4, -0.2) is 47.0 Å². The van der Waals surface area contributed by atoms with Crippen molar-refractivity contribution in [3.63, 3.8) is 0 Å². The molecular weight excluding hydrogens is 382 g/mol. The van der Waals surface area contributed by atoms with Gasteiger partial charge < -0.3 is 9.80 Å². The van der Waals surface area contributed by atoms with Crippen molar-refractivity contribution in [3.05, 3.63) is 52.2 Å². The Morgan fingerprint density at radius 2 is 1.86 bits per heavy atom. The molecule has 28 heavy (non-hydrogen) atoms. The number of carbonyl (C=O) groups excluding carboxylic acids is 1. The lowest BCUT2D eigenvalue weighted by Gasteiger charge is -2.35. The van der Waals surface area contributed by atoms with Gasteiger partial charge in [-0.15, -0.1) is 11.3 Å². The van der Waals surface area contributed by atoms with Gasteiger partial charge in [0.05, 0.1) is 5.39 Å². The number of fused-ring (bicyclic) bond motifs is 1. The van der Waals surface area contributed by atoms with Gasteiger partial charge >= 0.3 is 0 Å². The van der Waals surface area contributed by atoms with Crippen LogP contribution in [0.15, 0.2) is 24.3 Å². The maximum Gasteiger partial charge on any atom is 0.254 e. The zero-order chi connectivity index (χ0) is 19.8. The predicted octanol–water partition coefficient (Wildman–Crippen LogP) is 3.80. The largest absolute Gasteiger partial charge is 0.352 e. The second-order valence-electron chi connectivity index (χ2n) is 6.79. The number of aryl methyl sites for hydroxylation is 2. The van der Waals surface area contributed by atoms with E-state index >= 15 is 0 Å². The van der Waals surface area contributed by atoms with Crippen molar-refractivity contribution >= 4 is 33.3 Å². The summed E-state index contributed by atoms with van der Waals surface area (Å²) in [7, 11) is 0. The Bertz CT molecular complexity index is 1040. The summed E-state index contributed by atoms with van der Waals surface area (Å²) in [6.07, 6.45) is 0.954. The number of hydrogen-bond acceptors (Lipinski definition) is 5. The third-order valence-electron chi connectivity index (χ3n) is 4.92. The summed E-state index contributed by atoms with van der Waals surface area (Å²) < 4.78 is 26.6. The molecule has 0 N–H and O–H groups in total. The quantitative estimate of drug-likeness (QED) is 0.669. The van der Waals surface area contributed by atoms with Gasteiger partial charge in [0, 0.05) is 36.6 Å². The number of carbonyl (C=O) groups is 1. The third-order valence-corrected chi connectivity index (χ3v) is 6.09. The first kappa shape index (κ1) is 18.7. The molecule has 1 saturated heterocycles. The molecule has 8 heteroatoms. The minimum absolute atomic E-state index is 0.165. The zero-order valence-electron chi connectivity index (χ0n) is 15.7. The van der Waals surface area contributed by atoms with Crippen molar-refractivity contribution < 1.29 is 13.6 Å². The normalized spacial score (nSPS) is 14.7. The molecule has 5 nitrogen and oxygen atoms in total. The monoisotopic (exact) mass is 402 g/mol. The molecule has 3 aromatic rings. The van der Waals surface area contributed by atoms with Crippen LogP contribution in [0.4, 0.5) is 14.6 Å². The Balaban J connectivity index is 1.52. The first-order valence-corrected chi connectivity index (χ1v) is 10.0. The molecule has 1 aliphatic heterocycles. The number of piperazine rings is 1. The Morgan fingerprint density at radius 1 is 1.11 bits per heavy atom. The molecule has 0 bridgehead atoms. The molecule has 0 saturated carbocycles. The summed E-state index contributed by atoms with van der Waals surface area (Å²) >= 11 is 1.69. The van der Waals surface area contributed by atoms with E-state index in [4.69, 9.17) is 0 Å². The lowest BCUT2D eigenvalue weighted by atomic mass is 10.1. The highest BCUT2D eigenvalue weighted by atomic mass is 32.1. The Labute approximate surface area is 165 Å². The molecule has 2 aromatic heterocycles. The van der Waals surface area contributed by atoms with Gasteiger partial charge in [0.15, 0.2) is 11.6 Å². The lowest BCUT2D eigenvalue weighted by molar-refractivity contribution is 0.0746. The highest BCUT2D eigenvalue weighted by molar-refractivity contribution is 7.18. The molecular formula is C20H20F2N4OS. The fourth-order valence-electron chi connectivity index (χ4n) is 3.41. The van der Waals surface area contributed by atoms with Gasteiger partial charge in [-0.3, -0.25) is 4.79 Å². The van der Waals surface area contributed by atoms with Crippen LogP contribution in [0, 0.1) is 18.6 Å². The SMILES string of the molecule is CCc1cc2c(N3CCN(C(=O)c4ccc(F)c(F)c4)CC3)nc(C)nc2s1. The summed E-state index contributed by atoms with van der Waals surface area (Å²) in [5, 5.41) is 1.05. The van der Waals surface area contributed by atoms with Crippen molar-refractivity contribution in [2.45, 2.75) is 20.3 Å². The molecule has 1 aromatic carbocycles. The van der Waals surface area contributed by atoms with Gasteiger partial charge in [0.1, 0.15) is 16.5 Å². The number of halogens is 2. The number of amides is 1. The Kier molecular flexibility index (Phi) is 4.97. The summed E-state index contributed by atoms with van der Waals surface area (Å²) in [5.74, 6) is -0.615. The van der Waals surface area contributed by atoms with E-state index in [2.05, 4.69) is 27.9 Å². The number of rotatable bonds is 3. The van der Waals surface area contributed by atoms with Gasteiger partial charge in [-0.25, -0.2) is 18.7 Å². The van der Waals surface area contributed by atoms with Gasteiger partial charge in [-0.1, -0.05) is 6.92 Å². The van der Waals surface area contributed by atoms with E-state index in [0.29, 0.717) is 26.2 Å². The summed E-state index contributed by atoms with van der Waals surface area (Å²) in [5.41, 5.74) is 0.165. The first-order valence-electron chi connectivity index (χ1n) is 9.22. The fraction of sp³-hybridized carbons (Fsp3) is 0.350. The maximum absolute atomic E-state index is 13.4. The molecule has 0 unspecified atom stereocenters. The highest BCUT2D eigenvalue weighted by Crippen LogP contribution is 2.32. The van der Waals surface area contributed by atoms with Crippen LogP contribution in [0.2, 0.25) is 0 Å². The highest BCUT2D eigenvalue weighted by Gasteiger charge is 2.25. The van der Waals surface area contributed by atoms with Crippen molar-refractivity contribution in [1.29, 1.82) is 0 Å². The molecule has 1 aliphatic rings. The van der Waals surface area contributed by atoms with Crippen LogP contribution in [0.3, 0.4) is 0 Å². The van der Waals surface area contributed by atoms with E-state index in [1.807, 2.05) is 6.92 Å². The van der Waals surface area contributed by atoms with Crippen LogP contribution >= 0.6 is 11.3 Å². The van der Waals surface area contributed by atoms with Crippen LogP contribution < -0.4 is 4.90 Å². The van der Waals surface area contributed by atoms with Gasteiger partial charge in [-0.2, -0.15) is 0 Å². The number of nitrogens with zero attached hydrogens (tertiary/aromatic N) is 4. The Morgan fingerprint density at radius 3 is 2.54 bits per heavy atom. The lowest BCUT2D eigenvalue weighted by Crippen LogP contribution is -2.49. The molecule has 1 fully saturated rings. The fourth-order valence-corrected chi connectivity index (χ4v) is 4.42. The standard InChI is InChI=1S/C20H20F2N4OS/c1-3-14-11-15-18(23-12(2)24-19(15)28-14)25-6-8-26(9-7-25)20(27)13-4-5-16(21)17(22)10-13/h4-5,10-11H,3,6-9H2,1-2H3. The third kappa shape index (κ3) is 3.44. The molecule has 0 spiro atoms. The van der Waals surface area contributed by atoms with Crippen molar-refractivity contribution in [2.24, 2.45) is 0 Å². The molecule has 146 valence electrons. The van der Waals surface area contributed by atoms with Crippen molar-refractivity contribution in [2.75, 3.05) is 31.1 Å². The second kappa shape index (κ2) is 7.43.